The Balaban J connectivity index is 2.43. The molecule has 0 spiro atoms. The van der Waals surface area contributed by atoms with Crippen molar-refractivity contribution in [3.8, 4) is 0 Å². The van der Waals surface area contributed by atoms with Gasteiger partial charge in [0.05, 0.1) is 26.2 Å². The van der Waals surface area contributed by atoms with Crippen molar-refractivity contribution in [3.63, 3.8) is 0 Å². The highest BCUT2D eigenvalue weighted by Gasteiger charge is 2.35. The SMILES string of the molecule is O=C(O)c1ccc(C/C=C(\c2cc(Cl)c(Cl)c(Cl)c2)C(F)(F)F)cc1Br. The van der Waals surface area contributed by atoms with E-state index in [9.17, 15) is 18.0 Å². The summed E-state index contributed by atoms with van der Waals surface area (Å²) in [7, 11) is 0. The van der Waals surface area contributed by atoms with Crippen molar-refractivity contribution in [1.82, 2.24) is 0 Å². The highest BCUT2D eigenvalue weighted by molar-refractivity contribution is 9.10. The van der Waals surface area contributed by atoms with Gasteiger partial charge in [-0.3, -0.25) is 0 Å². The Hall–Kier alpha value is -1.21. The normalized spacial score (nSPS) is 12.3. The van der Waals surface area contributed by atoms with E-state index in [2.05, 4.69) is 15.9 Å². The van der Waals surface area contributed by atoms with Crippen LogP contribution in [0.2, 0.25) is 15.1 Å². The van der Waals surface area contributed by atoms with E-state index < -0.39 is 17.7 Å². The van der Waals surface area contributed by atoms with Crippen LogP contribution in [0.5, 0.6) is 0 Å². The summed E-state index contributed by atoms with van der Waals surface area (Å²) >= 11 is 20.5. The van der Waals surface area contributed by atoms with Crippen LogP contribution in [0.3, 0.4) is 0 Å². The molecule has 0 aromatic heterocycles. The molecule has 0 radical (unpaired) electrons. The standard InChI is InChI=1S/C17H9BrCl3F3O2/c18-12-5-8(1-3-10(12)16(25)26)2-4-11(17(22,23)24)9-6-13(19)15(21)14(20)7-9/h1,3-7H,2H2,(H,25,26)/b11-4+. The first-order chi connectivity index (χ1) is 12.0. The second-order valence-electron chi connectivity index (χ2n) is 5.19. The Morgan fingerprint density at radius 3 is 2.15 bits per heavy atom. The first-order valence-electron chi connectivity index (χ1n) is 6.94. The predicted molar refractivity (Wildman–Crippen MR) is 100 cm³/mol. The molecule has 2 aromatic rings. The van der Waals surface area contributed by atoms with Gasteiger partial charge in [-0.15, -0.1) is 0 Å². The minimum absolute atomic E-state index is 0.0186. The highest BCUT2D eigenvalue weighted by atomic mass is 79.9. The van der Waals surface area contributed by atoms with Gasteiger partial charge in [-0.2, -0.15) is 13.2 Å². The van der Waals surface area contributed by atoms with Crippen molar-refractivity contribution in [2.75, 3.05) is 0 Å². The van der Waals surface area contributed by atoms with E-state index in [4.69, 9.17) is 39.9 Å². The zero-order valence-corrected chi connectivity index (χ0v) is 16.5. The molecule has 0 amide bonds. The van der Waals surface area contributed by atoms with Gasteiger partial charge in [0.2, 0.25) is 0 Å². The lowest BCUT2D eigenvalue weighted by Gasteiger charge is -2.14. The van der Waals surface area contributed by atoms with E-state index in [0.29, 0.717) is 5.56 Å². The molecular formula is C17H9BrCl3F3O2. The van der Waals surface area contributed by atoms with E-state index in [0.717, 1.165) is 18.2 Å². The van der Waals surface area contributed by atoms with Gasteiger partial charge < -0.3 is 5.11 Å². The maximum absolute atomic E-state index is 13.4. The quantitative estimate of drug-likeness (QED) is 0.459. The highest BCUT2D eigenvalue weighted by Crippen LogP contribution is 2.39. The smallest absolute Gasteiger partial charge is 0.416 e. The summed E-state index contributed by atoms with van der Waals surface area (Å²) in [5.41, 5.74) is -0.616. The first kappa shape index (κ1) is 21.1. The number of allylic oxidation sites excluding steroid dienone is 2. The molecule has 0 unspecified atom stereocenters. The lowest BCUT2D eigenvalue weighted by molar-refractivity contribution is -0.0690. The molecule has 0 saturated heterocycles. The van der Waals surface area contributed by atoms with Gasteiger partial charge in [0, 0.05) is 4.47 Å². The molecule has 26 heavy (non-hydrogen) atoms. The third kappa shape index (κ3) is 4.94. The number of hydrogen-bond donors (Lipinski definition) is 1. The van der Waals surface area contributed by atoms with Crippen LogP contribution in [0.15, 0.2) is 40.9 Å². The fraction of sp³-hybridized carbons (Fsp3) is 0.118. The van der Waals surface area contributed by atoms with Gasteiger partial charge in [0.1, 0.15) is 0 Å². The minimum Gasteiger partial charge on any atom is -0.478 e. The van der Waals surface area contributed by atoms with Gasteiger partial charge in [-0.25, -0.2) is 4.79 Å². The molecule has 0 bridgehead atoms. The van der Waals surface area contributed by atoms with E-state index >= 15 is 0 Å². The maximum Gasteiger partial charge on any atom is 0.416 e. The summed E-state index contributed by atoms with van der Waals surface area (Å²) in [5, 5.41) is 8.79. The van der Waals surface area contributed by atoms with E-state index in [1.807, 2.05) is 0 Å². The molecule has 138 valence electrons. The lowest BCUT2D eigenvalue weighted by atomic mass is 10.0. The van der Waals surface area contributed by atoms with Gasteiger partial charge in [0.15, 0.2) is 0 Å². The second kappa shape index (κ2) is 8.21. The van der Waals surface area contributed by atoms with Crippen molar-refractivity contribution < 1.29 is 23.1 Å². The maximum atomic E-state index is 13.4. The number of halogens is 7. The number of alkyl halides is 3. The summed E-state index contributed by atoms with van der Waals surface area (Å²) in [6.45, 7) is 0. The average molecular weight is 489 g/mol. The van der Waals surface area contributed by atoms with Crippen LogP contribution in [0.25, 0.3) is 5.57 Å². The van der Waals surface area contributed by atoms with Crippen LogP contribution in [0.4, 0.5) is 13.2 Å². The van der Waals surface area contributed by atoms with E-state index in [-0.39, 0.29) is 37.1 Å². The Morgan fingerprint density at radius 1 is 1.12 bits per heavy atom. The summed E-state index contributed by atoms with van der Waals surface area (Å²) < 4.78 is 40.6. The summed E-state index contributed by atoms with van der Waals surface area (Å²) in [5.74, 6) is -1.14. The van der Waals surface area contributed by atoms with Gasteiger partial charge >= 0.3 is 12.1 Å². The van der Waals surface area contributed by atoms with Crippen molar-refractivity contribution in [2.45, 2.75) is 12.6 Å². The molecular weight excluding hydrogens is 479 g/mol. The second-order valence-corrected chi connectivity index (χ2v) is 7.24. The number of aromatic carboxylic acids is 1. The average Bonchev–Trinajstić information content (AvgIpc) is 2.51. The van der Waals surface area contributed by atoms with Crippen molar-refractivity contribution in [1.29, 1.82) is 0 Å². The predicted octanol–water partition coefficient (Wildman–Crippen LogP) is 7.30. The van der Waals surface area contributed by atoms with Crippen molar-refractivity contribution >= 4 is 62.3 Å². The summed E-state index contributed by atoms with van der Waals surface area (Å²) in [6, 6.07) is 6.41. The number of rotatable bonds is 4. The van der Waals surface area contributed by atoms with Crippen LogP contribution in [0.1, 0.15) is 21.5 Å². The Kier molecular flexibility index (Phi) is 6.66. The Labute approximate surface area is 170 Å². The van der Waals surface area contributed by atoms with Crippen LogP contribution >= 0.6 is 50.7 Å². The fourth-order valence-corrected chi connectivity index (χ4v) is 3.38. The molecule has 0 aliphatic carbocycles. The topological polar surface area (TPSA) is 37.3 Å². The van der Waals surface area contributed by atoms with Crippen molar-refractivity contribution in [2.24, 2.45) is 0 Å². The third-order valence-electron chi connectivity index (χ3n) is 3.41. The van der Waals surface area contributed by atoms with E-state index in [1.54, 1.807) is 0 Å². The van der Waals surface area contributed by atoms with Crippen LogP contribution in [0, 0.1) is 0 Å². The zero-order chi connectivity index (χ0) is 19.6. The largest absolute Gasteiger partial charge is 0.478 e. The van der Waals surface area contributed by atoms with Gasteiger partial charge in [-0.1, -0.05) is 46.9 Å². The molecule has 0 heterocycles. The molecule has 2 nitrogen and oxygen atoms in total. The number of carbonyl (C=O) groups is 1. The Bertz CT molecular complexity index is 872. The number of benzene rings is 2. The molecule has 2 rings (SSSR count). The zero-order valence-electron chi connectivity index (χ0n) is 12.7. The number of carboxylic acids is 1. The molecule has 0 aliphatic rings. The minimum atomic E-state index is -4.64. The molecule has 1 N–H and O–H groups in total. The van der Waals surface area contributed by atoms with Gasteiger partial charge in [-0.05, 0) is 57.7 Å². The molecule has 0 saturated carbocycles. The summed E-state index contributed by atoms with van der Waals surface area (Å²) in [6.07, 6.45) is -3.73. The summed E-state index contributed by atoms with van der Waals surface area (Å²) in [4.78, 5) is 11.0. The Morgan fingerprint density at radius 2 is 1.69 bits per heavy atom. The molecule has 0 atom stereocenters. The van der Waals surface area contributed by atoms with Crippen LogP contribution < -0.4 is 0 Å². The lowest BCUT2D eigenvalue weighted by Crippen LogP contribution is -2.11. The van der Waals surface area contributed by atoms with Crippen LogP contribution in [-0.2, 0) is 6.42 Å². The van der Waals surface area contributed by atoms with Crippen molar-refractivity contribution in [3.05, 3.63) is 72.6 Å². The molecule has 2 aromatic carbocycles. The molecule has 0 fully saturated rings. The van der Waals surface area contributed by atoms with Crippen LogP contribution in [-0.4, -0.2) is 17.3 Å². The number of hydrogen-bond acceptors (Lipinski definition) is 1. The third-order valence-corrected chi connectivity index (χ3v) is 5.26. The monoisotopic (exact) mass is 486 g/mol. The van der Waals surface area contributed by atoms with E-state index in [1.165, 1.54) is 18.2 Å². The fourth-order valence-electron chi connectivity index (χ4n) is 2.19. The molecule has 9 heteroatoms. The molecule has 0 aliphatic heterocycles. The first-order valence-corrected chi connectivity index (χ1v) is 8.87. The number of carboxylic acid groups (broad SMARTS) is 1. The van der Waals surface area contributed by atoms with Gasteiger partial charge in [0.25, 0.3) is 0 Å².